The maximum absolute atomic E-state index is 5.35. The van der Waals surface area contributed by atoms with Crippen molar-refractivity contribution in [2.24, 2.45) is 0 Å². The fourth-order valence-corrected chi connectivity index (χ4v) is 1.82. The zero-order valence-corrected chi connectivity index (χ0v) is 8.56. The summed E-state index contributed by atoms with van der Waals surface area (Å²) in [6.45, 7) is 3.43. The van der Waals surface area contributed by atoms with Gasteiger partial charge in [0.05, 0.1) is 0 Å². The van der Waals surface area contributed by atoms with Gasteiger partial charge in [-0.05, 0) is 24.4 Å². The summed E-state index contributed by atoms with van der Waals surface area (Å²) in [5.74, 6) is 1.69. The van der Waals surface area contributed by atoms with Gasteiger partial charge in [0, 0.05) is 11.5 Å². The van der Waals surface area contributed by atoms with E-state index in [1.165, 1.54) is 10.8 Å². The van der Waals surface area contributed by atoms with Gasteiger partial charge in [-0.25, -0.2) is 4.57 Å². The minimum absolute atomic E-state index is 0.333. The molecule has 0 aliphatic carbocycles. The molecule has 76 valence electrons. The van der Waals surface area contributed by atoms with Crippen LogP contribution in [0.3, 0.4) is 0 Å². The molecule has 3 heteroatoms. The van der Waals surface area contributed by atoms with Crippen LogP contribution in [0.1, 0.15) is 6.92 Å². The highest BCUT2D eigenvalue weighted by Crippen LogP contribution is 2.35. The SMILES string of the molecule is CC[n+]1ccc2cc3c(cc2c1)OCO3. The van der Waals surface area contributed by atoms with Gasteiger partial charge in [-0.15, -0.1) is 0 Å². The Bertz CT molecular complexity index is 522. The molecule has 3 rings (SSSR count). The van der Waals surface area contributed by atoms with Gasteiger partial charge in [0.2, 0.25) is 6.79 Å². The van der Waals surface area contributed by atoms with Gasteiger partial charge in [0.1, 0.15) is 6.54 Å². The second kappa shape index (κ2) is 3.12. The number of aryl methyl sites for hydroxylation is 1. The summed E-state index contributed by atoms with van der Waals surface area (Å²) in [6, 6.07) is 6.16. The number of pyridine rings is 1. The Kier molecular flexibility index (Phi) is 1.78. The highest BCUT2D eigenvalue weighted by Gasteiger charge is 2.15. The van der Waals surface area contributed by atoms with Gasteiger partial charge in [0.15, 0.2) is 23.9 Å². The van der Waals surface area contributed by atoms with E-state index in [4.69, 9.17) is 9.47 Å². The van der Waals surface area contributed by atoms with Gasteiger partial charge < -0.3 is 9.47 Å². The van der Waals surface area contributed by atoms with E-state index >= 15 is 0 Å². The van der Waals surface area contributed by atoms with Crippen molar-refractivity contribution >= 4 is 10.8 Å². The van der Waals surface area contributed by atoms with Crippen molar-refractivity contribution in [3.63, 3.8) is 0 Å². The maximum atomic E-state index is 5.35. The van der Waals surface area contributed by atoms with Crippen molar-refractivity contribution in [2.75, 3.05) is 6.79 Å². The number of fused-ring (bicyclic) bond motifs is 2. The Hall–Kier alpha value is -1.77. The first-order valence-electron chi connectivity index (χ1n) is 5.09. The third-order valence-electron chi connectivity index (χ3n) is 2.69. The molecule has 0 saturated heterocycles. The topological polar surface area (TPSA) is 22.3 Å². The van der Waals surface area contributed by atoms with Crippen LogP contribution in [-0.4, -0.2) is 6.79 Å². The smallest absolute Gasteiger partial charge is 0.231 e. The van der Waals surface area contributed by atoms with E-state index in [1.807, 2.05) is 12.1 Å². The molecular formula is C12H12NO2+. The van der Waals surface area contributed by atoms with Crippen LogP contribution >= 0.6 is 0 Å². The average molecular weight is 202 g/mol. The lowest BCUT2D eigenvalue weighted by atomic mass is 10.1. The lowest BCUT2D eigenvalue weighted by Crippen LogP contribution is -2.30. The summed E-state index contributed by atoms with van der Waals surface area (Å²) >= 11 is 0. The third kappa shape index (κ3) is 1.31. The monoisotopic (exact) mass is 202 g/mol. The molecule has 0 fully saturated rings. The van der Waals surface area contributed by atoms with Crippen LogP contribution in [0.5, 0.6) is 11.5 Å². The zero-order valence-electron chi connectivity index (χ0n) is 8.56. The highest BCUT2D eigenvalue weighted by molar-refractivity contribution is 5.84. The standard InChI is InChI=1S/C12H12NO2/c1-2-13-4-3-9-5-11-12(15-8-14-11)6-10(9)7-13/h3-7H,2,8H2,1H3/q+1. The predicted octanol–water partition coefficient (Wildman–Crippen LogP) is 1.88. The molecule has 0 saturated carbocycles. The fraction of sp³-hybridized carbons (Fsp3) is 0.250. The second-order valence-electron chi connectivity index (χ2n) is 3.61. The van der Waals surface area contributed by atoms with Crippen LogP contribution in [-0.2, 0) is 6.54 Å². The molecule has 2 heterocycles. The zero-order chi connectivity index (χ0) is 10.3. The van der Waals surface area contributed by atoms with Crippen molar-refractivity contribution in [2.45, 2.75) is 13.5 Å². The number of nitrogens with zero attached hydrogens (tertiary/aromatic N) is 1. The largest absolute Gasteiger partial charge is 0.454 e. The van der Waals surface area contributed by atoms with E-state index in [-0.39, 0.29) is 0 Å². The molecule has 1 aliphatic rings. The molecule has 0 unspecified atom stereocenters. The maximum Gasteiger partial charge on any atom is 0.231 e. The number of ether oxygens (including phenoxy) is 2. The summed E-state index contributed by atoms with van der Waals surface area (Å²) in [4.78, 5) is 0. The van der Waals surface area contributed by atoms with Crippen LogP contribution in [0.2, 0.25) is 0 Å². The van der Waals surface area contributed by atoms with Crippen molar-refractivity contribution in [3.8, 4) is 11.5 Å². The molecule has 2 aromatic rings. The molecule has 0 N–H and O–H groups in total. The van der Waals surface area contributed by atoms with Gasteiger partial charge in [-0.3, -0.25) is 0 Å². The lowest BCUT2D eigenvalue weighted by molar-refractivity contribution is -0.692. The first-order chi connectivity index (χ1) is 7.36. The van der Waals surface area contributed by atoms with Crippen LogP contribution in [0, 0.1) is 0 Å². The van der Waals surface area contributed by atoms with Crippen molar-refractivity contribution < 1.29 is 14.0 Å². The normalized spacial score (nSPS) is 13.4. The Morgan fingerprint density at radius 1 is 1.20 bits per heavy atom. The first kappa shape index (κ1) is 8.53. The summed E-state index contributed by atoms with van der Waals surface area (Å²) in [6.07, 6.45) is 4.20. The Balaban J connectivity index is 2.24. The molecule has 0 spiro atoms. The van der Waals surface area contributed by atoms with Crippen molar-refractivity contribution in [3.05, 3.63) is 30.6 Å². The van der Waals surface area contributed by atoms with E-state index < -0.39 is 0 Å². The number of hydrogen-bond acceptors (Lipinski definition) is 2. The molecule has 0 bridgehead atoms. The third-order valence-corrected chi connectivity index (χ3v) is 2.69. The van der Waals surface area contributed by atoms with Crippen molar-refractivity contribution in [1.82, 2.24) is 0 Å². The van der Waals surface area contributed by atoms with Crippen LogP contribution in [0.4, 0.5) is 0 Å². The minimum Gasteiger partial charge on any atom is -0.454 e. The molecule has 1 aromatic heterocycles. The average Bonchev–Trinajstić information content (AvgIpc) is 2.72. The molecule has 1 aliphatic heterocycles. The molecule has 0 radical (unpaired) electrons. The lowest BCUT2D eigenvalue weighted by Gasteiger charge is -1.99. The Morgan fingerprint density at radius 2 is 1.93 bits per heavy atom. The van der Waals surface area contributed by atoms with Crippen LogP contribution in [0.15, 0.2) is 30.6 Å². The summed E-state index contributed by atoms with van der Waals surface area (Å²) < 4.78 is 12.8. The Labute approximate surface area is 87.9 Å². The van der Waals surface area contributed by atoms with Crippen LogP contribution < -0.4 is 14.0 Å². The van der Waals surface area contributed by atoms with Gasteiger partial charge in [0.25, 0.3) is 0 Å². The first-order valence-corrected chi connectivity index (χ1v) is 5.09. The van der Waals surface area contributed by atoms with Gasteiger partial charge >= 0.3 is 0 Å². The Morgan fingerprint density at radius 3 is 2.67 bits per heavy atom. The molecule has 0 amide bonds. The van der Waals surface area contributed by atoms with E-state index in [9.17, 15) is 0 Å². The second-order valence-corrected chi connectivity index (χ2v) is 3.61. The molecule has 3 nitrogen and oxygen atoms in total. The molecular weight excluding hydrogens is 190 g/mol. The minimum atomic E-state index is 0.333. The van der Waals surface area contributed by atoms with Gasteiger partial charge in [-0.2, -0.15) is 0 Å². The predicted molar refractivity (Wildman–Crippen MR) is 55.9 cm³/mol. The van der Waals surface area contributed by atoms with E-state index in [2.05, 4.69) is 30.0 Å². The van der Waals surface area contributed by atoms with E-state index in [1.54, 1.807) is 0 Å². The molecule has 0 atom stereocenters. The molecule has 15 heavy (non-hydrogen) atoms. The van der Waals surface area contributed by atoms with E-state index in [0.717, 1.165) is 18.0 Å². The summed E-state index contributed by atoms with van der Waals surface area (Å²) in [5, 5.41) is 2.37. The fourth-order valence-electron chi connectivity index (χ4n) is 1.82. The summed E-state index contributed by atoms with van der Waals surface area (Å²) in [7, 11) is 0. The summed E-state index contributed by atoms with van der Waals surface area (Å²) in [5.41, 5.74) is 0. The van der Waals surface area contributed by atoms with Crippen LogP contribution in [0.25, 0.3) is 10.8 Å². The van der Waals surface area contributed by atoms with Gasteiger partial charge in [-0.1, -0.05) is 0 Å². The number of aromatic nitrogens is 1. The van der Waals surface area contributed by atoms with E-state index in [0.29, 0.717) is 6.79 Å². The number of benzene rings is 1. The number of rotatable bonds is 1. The highest BCUT2D eigenvalue weighted by atomic mass is 16.7. The number of hydrogen-bond donors (Lipinski definition) is 0. The quantitative estimate of drug-likeness (QED) is 0.659. The van der Waals surface area contributed by atoms with Crippen molar-refractivity contribution in [1.29, 1.82) is 0 Å². The molecule has 1 aromatic carbocycles.